The summed E-state index contributed by atoms with van der Waals surface area (Å²) in [7, 11) is 0. The van der Waals surface area contributed by atoms with E-state index in [1.165, 1.54) is 36.5 Å². The topological polar surface area (TPSA) is 57.5 Å². The molecule has 0 aromatic carbocycles. The summed E-state index contributed by atoms with van der Waals surface area (Å²) in [6, 6.07) is 0. The molecule has 0 aromatic heterocycles. The fourth-order valence-electron chi connectivity index (χ4n) is 9.78. The second-order valence-corrected chi connectivity index (χ2v) is 15.7. The van der Waals surface area contributed by atoms with Gasteiger partial charge in [-0.25, -0.2) is 0 Å². The van der Waals surface area contributed by atoms with Gasteiger partial charge in [-0.05, 0) is 0 Å². The quantitative estimate of drug-likeness (QED) is 0.415. The molecule has 4 aliphatic carbocycles. The van der Waals surface area contributed by atoms with Crippen LogP contribution in [0.5, 0.6) is 0 Å². The number of hydrogen-bond acceptors (Lipinski definition) is 2. The summed E-state index contributed by atoms with van der Waals surface area (Å²) in [6.07, 6.45) is 10.2. The Morgan fingerprint density at radius 1 is 0.862 bits per heavy atom. The summed E-state index contributed by atoms with van der Waals surface area (Å²) in [4.78, 5) is 12.3. The molecule has 1 saturated heterocycles. The Bertz CT molecular complexity index is 706. The number of rotatable bonds is 1. The van der Waals surface area contributed by atoms with Gasteiger partial charge < -0.3 is 0 Å². The van der Waals surface area contributed by atoms with E-state index in [1.54, 1.807) is 0 Å². The summed E-state index contributed by atoms with van der Waals surface area (Å²) >= 11 is 0.0385. The van der Waals surface area contributed by atoms with Crippen molar-refractivity contribution in [3.05, 3.63) is 0 Å². The van der Waals surface area contributed by atoms with E-state index in [4.69, 9.17) is 0 Å². The molecule has 5 fully saturated rings. The van der Waals surface area contributed by atoms with E-state index in [0.29, 0.717) is 26.6 Å². The van der Waals surface area contributed by atoms with Gasteiger partial charge in [0.15, 0.2) is 0 Å². The molecule has 0 radical (unpaired) electrons. The predicted molar refractivity (Wildman–Crippen MR) is 110 cm³/mol. The molecule has 4 saturated carbocycles. The second-order valence-electron chi connectivity index (χ2n) is 12.4. The molecule has 166 valence electrons. The number of aliphatic hydroxyl groups excluding tert-OH is 1. The van der Waals surface area contributed by atoms with Crippen molar-refractivity contribution in [2.45, 2.75) is 95.5 Å². The van der Waals surface area contributed by atoms with E-state index < -0.39 is 5.97 Å². The van der Waals surface area contributed by atoms with Gasteiger partial charge in [-0.2, -0.15) is 0 Å². The summed E-state index contributed by atoms with van der Waals surface area (Å²) in [5, 5.41) is 20.9. The number of carboxylic acid groups (broad SMARTS) is 1. The predicted octanol–water partition coefficient (Wildman–Crippen LogP) is 1.96. The summed E-state index contributed by atoms with van der Waals surface area (Å²) in [5.74, 6) is 2.32. The van der Waals surface area contributed by atoms with Gasteiger partial charge in [0.2, 0.25) is 0 Å². The second kappa shape index (κ2) is 6.59. The first kappa shape index (κ1) is 21.0. The Labute approximate surface area is 187 Å². The number of alkyl halides is 2. The molecule has 9 atom stereocenters. The van der Waals surface area contributed by atoms with Crippen molar-refractivity contribution < 1.29 is 36.2 Å². The van der Waals surface area contributed by atoms with Gasteiger partial charge in [-0.15, -0.1) is 0 Å². The van der Waals surface area contributed by atoms with Crippen molar-refractivity contribution in [1.82, 2.24) is 0 Å². The molecule has 9 unspecified atom stereocenters. The van der Waals surface area contributed by atoms with Crippen LogP contribution in [0.3, 0.4) is 0 Å². The van der Waals surface area contributed by atoms with Crippen LogP contribution in [0.1, 0.15) is 85.5 Å². The molecule has 0 aromatic rings. The van der Waals surface area contributed by atoms with Crippen LogP contribution in [0.4, 0.5) is 0 Å². The first-order valence-corrected chi connectivity index (χ1v) is 14.8. The molecular formula is C25H40IO3-. The third-order valence-corrected chi connectivity index (χ3v) is 15.5. The number of carboxylic acids is 1. The van der Waals surface area contributed by atoms with Gasteiger partial charge >= 0.3 is 187 Å². The van der Waals surface area contributed by atoms with Crippen LogP contribution >= 0.6 is 0 Å². The van der Waals surface area contributed by atoms with Crippen molar-refractivity contribution in [3.8, 4) is 0 Å². The molecule has 1 aliphatic heterocycles. The van der Waals surface area contributed by atoms with Crippen LogP contribution in [0, 0.1) is 45.3 Å². The van der Waals surface area contributed by atoms with Crippen molar-refractivity contribution in [2.24, 2.45) is 45.3 Å². The van der Waals surface area contributed by atoms with Gasteiger partial charge in [0.25, 0.3) is 0 Å². The van der Waals surface area contributed by atoms with Crippen LogP contribution < -0.4 is 21.2 Å². The Hall–Kier alpha value is 0.160. The molecule has 29 heavy (non-hydrogen) atoms. The molecule has 1 heterocycles. The Morgan fingerprint density at radius 3 is 2.31 bits per heavy atom. The summed E-state index contributed by atoms with van der Waals surface area (Å²) in [6.45, 7) is 9.81. The third kappa shape index (κ3) is 2.60. The Balaban J connectivity index is 1.48. The number of aliphatic hydroxyl groups is 1. The molecular weight excluding hydrogens is 475 g/mol. The molecule has 5 rings (SSSR count). The summed E-state index contributed by atoms with van der Waals surface area (Å²) < 4.78 is 1.76. The van der Waals surface area contributed by atoms with E-state index in [0.717, 1.165) is 37.5 Å². The van der Waals surface area contributed by atoms with Crippen molar-refractivity contribution in [2.75, 3.05) is 4.43 Å². The number of aliphatic carboxylic acids is 1. The first-order valence-electron chi connectivity index (χ1n) is 12.1. The zero-order valence-corrected chi connectivity index (χ0v) is 20.9. The van der Waals surface area contributed by atoms with Crippen LogP contribution in [0.15, 0.2) is 0 Å². The Kier molecular flexibility index (Phi) is 4.78. The van der Waals surface area contributed by atoms with Gasteiger partial charge in [-0.1, -0.05) is 0 Å². The molecule has 0 amide bonds. The summed E-state index contributed by atoms with van der Waals surface area (Å²) in [5.41, 5.74) is 0.388. The van der Waals surface area contributed by atoms with Crippen molar-refractivity contribution in [1.29, 1.82) is 0 Å². The number of halogens is 1. The maximum atomic E-state index is 12.3. The zero-order chi connectivity index (χ0) is 20.8. The molecule has 0 spiro atoms. The standard InChI is InChI=1S/C25H40IO3/c1-22(2)17-8-10-23(3)16-7-12-25(21(28)29)13-14-26-20(25)15(16)5-6-18(23)24(17,4)11-9-19(22)27/h15-20,27H,5-14H2,1-4H3,(H,28,29)/q-1. The maximum absolute atomic E-state index is 12.3. The van der Waals surface area contributed by atoms with Gasteiger partial charge in [0, 0.05) is 0 Å². The van der Waals surface area contributed by atoms with Crippen LogP contribution in [0.2, 0.25) is 0 Å². The van der Waals surface area contributed by atoms with Crippen LogP contribution in [0.25, 0.3) is 0 Å². The number of carbonyl (C=O) groups is 1. The normalized spacial score (nSPS) is 56.2. The van der Waals surface area contributed by atoms with E-state index in [-0.39, 0.29) is 38.1 Å². The van der Waals surface area contributed by atoms with E-state index in [9.17, 15) is 15.0 Å². The van der Waals surface area contributed by atoms with Crippen LogP contribution in [-0.2, 0) is 4.79 Å². The molecule has 4 heteroatoms. The van der Waals surface area contributed by atoms with E-state index in [1.807, 2.05) is 0 Å². The average molecular weight is 515 g/mol. The van der Waals surface area contributed by atoms with Crippen molar-refractivity contribution >= 4 is 5.97 Å². The van der Waals surface area contributed by atoms with E-state index in [2.05, 4.69) is 27.7 Å². The van der Waals surface area contributed by atoms with Gasteiger partial charge in [-0.3, -0.25) is 0 Å². The third-order valence-electron chi connectivity index (χ3n) is 11.3. The number of fused-ring (bicyclic) bond motifs is 7. The van der Waals surface area contributed by atoms with Crippen molar-refractivity contribution in [3.63, 3.8) is 0 Å². The molecule has 3 nitrogen and oxygen atoms in total. The minimum atomic E-state index is -0.468. The zero-order valence-electron chi connectivity index (χ0n) is 18.7. The molecule has 5 aliphatic rings. The van der Waals surface area contributed by atoms with Gasteiger partial charge in [0.05, 0.1) is 0 Å². The average Bonchev–Trinajstić information content (AvgIpc) is 3.11. The van der Waals surface area contributed by atoms with Crippen LogP contribution in [-0.4, -0.2) is 30.6 Å². The fraction of sp³-hybridized carbons (Fsp3) is 0.960. The molecule has 0 bridgehead atoms. The van der Waals surface area contributed by atoms with E-state index >= 15 is 0 Å². The number of hydrogen-bond donors (Lipinski definition) is 2. The molecule has 2 N–H and O–H groups in total. The monoisotopic (exact) mass is 515 g/mol. The Morgan fingerprint density at radius 2 is 1.59 bits per heavy atom. The first-order chi connectivity index (χ1) is 13.6. The van der Waals surface area contributed by atoms with Gasteiger partial charge in [0.1, 0.15) is 0 Å². The SMILES string of the molecule is CC1(C)C(O)CCC2(C)C1CCC1(C)C3CCC4(C(=O)O)CC[I-]C4C3CCC12. The fourth-order valence-corrected chi connectivity index (χ4v) is 15.0. The minimum absolute atomic E-state index is 0.0210.